The van der Waals surface area contributed by atoms with Crippen molar-refractivity contribution in [2.75, 3.05) is 26.7 Å². The highest BCUT2D eigenvalue weighted by Gasteiger charge is 2.42. The van der Waals surface area contributed by atoms with E-state index in [4.69, 9.17) is 4.42 Å². The van der Waals surface area contributed by atoms with Crippen molar-refractivity contribution in [2.24, 2.45) is 0 Å². The molecule has 2 amide bonds. The van der Waals surface area contributed by atoms with Gasteiger partial charge in [0.05, 0.1) is 24.8 Å². The van der Waals surface area contributed by atoms with Crippen molar-refractivity contribution in [1.29, 1.82) is 0 Å². The maximum absolute atomic E-state index is 13.5. The van der Waals surface area contributed by atoms with Crippen LogP contribution >= 0.6 is 11.3 Å². The molecule has 0 radical (unpaired) electrons. The Morgan fingerprint density at radius 2 is 2.00 bits per heavy atom. The van der Waals surface area contributed by atoms with Gasteiger partial charge in [0, 0.05) is 30.6 Å². The summed E-state index contributed by atoms with van der Waals surface area (Å²) in [5, 5.41) is 5.15. The van der Waals surface area contributed by atoms with Gasteiger partial charge in [0.15, 0.2) is 0 Å². The Hall–Kier alpha value is -2.90. The largest absolute Gasteiger partial charge is 0.468 e. The van der Waals surface area contributed by atoms with Gasteiger partial charge in [-0.05, 0) is 48.2 Å². The third-order valence-electron chi connectivity index (χ3n) is 6.21. The number of amides is 2. The van der Waals surface area contributed by atoms with Gasteiger partial charge in [-0.2, -0.15) is 0 Å². The number of furan rings is 1. The van der Waals surface area contributed by atoms with Crippen LogP contribution in [0.5, 0.6) is 0 Å². The number of fused-ring (bicyclic) bond motifs is 1. The van der Waals surface area contributed by atoms with E-state index < -0.39 is 5.92 Å². The van der Waals surface area contributed by atoms with Gasteiger partial charge < -0.3 is 14.6 Å². The highest BCUT2D eigenvalue weighted by atomic mass is 32.1. The van der Waals surface area contributed by atoms with E-state index in [1.165, 1.54) is 0 Å². The summed E-state index contributed by atoms with van der Waals surface area (Å²) >= 11 is 1.58. The van der Waals surface area contributed by atoms with Crippen LogP contribution in [0.25, 0.3) is 0 Å². The average Bonchev–Trinajstić information content (AvgIpc) is 3.54. The molecule has 0 fully saturated rings. The molecule has 2 atom stereocenters. The first-order chi connectivity index (χ1) is 16.1. The third-order valence-corrected chi connectivity index (χ3v) is 7.15. The van der Waals surface area contributed by atoms with Gasteiger partial charge in [0.1, 0.15) is 5.76 Å². The van der Waals surface area contributed by atoms with Gasteiger partial charge >= 0.3 is 0 Å². The van der Waals surface area contributed by atoms with E-state index in [0.29, 0.717) is 12.1 Å². The number of carbonyl (C=O) groups is 2. The number of unbranched alkanes of at least 4 members (excludes halogenated alkanes) is 1. The SMILES string of the molecule is CCCCN(CCNC(=O)[C@H]1c2ccccc2C(=O)N(C)[C@H]1c1cccs1)Cc1ccco1. The van der Waals surface area contributed by atoms with Crippen LogP contribution in [0.15, 0.2) is 64.6 Å². The van der Waals surface area contributed by atoms with E-state index in [1.54, 1.807) is 29.5 Å². The Kier molecular flexibility index (Phi) is 7.62. The average molecular weight is 466 g/mol. The van der Waals surface area contributed by atoms with E-state index in [9.17, 15) is 9.59 Å². The topological polar surface area (TPSA) is 65.8 Å². The molecule has 1 aliphatic heterocycles. The minimum atomic E-state index is -0.447. The Labute approximate surface area is 199 Å². The summed E-state index contributed by atoms with van der Waals surface area (Å²) in [7, 11) is 1.79. The van der Waals surface area contributed by atoms with Crippen molar-refractivity contribution in [3.63, 3.8) is 0 Å². The van der Waals surface area contributed by atoms with E-state index in [0.717, 1.165) is 48.7 Å². The number of hydrogen-bond donors (Lipinski definition) is 1. The minimum Gasteiger partial charge on any atom is -0.468 e. The summed E-state index contributed by atoms with van der Waals surface area (Å²) in [5.41, 5.74) is 1.41. The Morgan fingerprint density at radius 1 is 1.15 bits per heavy atom. The van der Waals surface area contributed by atoms with Gasteiger partial charge in [-0.25, -0.2) is 0 Å². The third kappa shape index (κ3) is 5.20. The summed E-state index contributed by atoms with van der Waals surface area (Å²) in [4.78, 5) is 31.6. The van der Waals surface area contributed by atoms with E-state index in [-0.39, 0.29) is 17.9 Å². The molecule has 0 aliphatic carbocycles. The van der Waals surface area contributed by atoms with Crippen LogP contribution in [0.4, 0.5) is 0 Å². The van der Waals surface area contributed by atoms with Gasteiger partial charge in [-0.15, -0.1) is 11.3 Å². The molecule has 1 aliphatic rings. The second-order valence-corrected chi connectivity index (χ2v) is 9.42. The molecule has 4 rings (SSSR count). The van der Waals surface area contributed by atoms with Crippen molar-refractivity contribution < 1.29 is 14.0 Å². The first kappa shape index (κ1) is 23.3. The van der Waals surface area contributed by atoms with Crippen molar-refractivity contribution in [1.82, 2.24) is 15.1 Å². The first-order valence-corrected chi connectivity index (χ1v) is 12.4. The number of nitrogens with zero attached hydrogens (tertiary/aromatic N) is 2. The molecule has 0 saturated carbocycles. The van der Waals surface area contributed by atoms with Crippen molar-refractivity contribution in [3.05, 3.63) is 81.9 Å². The zero-order valence-electron chi connectivity index (χ0n) is 19.2. The summed E-state index contributed by atoms with van der Waals surface area (Å²) in [6.45, 7) is 5.13. The molecule has 0 saturated heterocycles. The van der Waals surface area contributed by atoms with Gasteiger partial charge in [-0.3, -0.25) is 14.5 Å². The second kappa shape index (κ2) is 10.8. The molecule has 3 aromatic rings. The fraction of sp³-hybridized carbons (Fsp3) is 0.385. The van der Waals surface area contributed by atoms with Gasteiger partial charge in [0.2, 0.25) is 5.91 Å². The minimum absolute atomic E-state index is 0.0442. The molecular weight excluding hydrogens is 434 g/mol. The molecule has 3 heterocycles. The lowest BCUT2D eigenvalue weighted by Crippen LogP contribution is -2.46. The number of carbonyl (C=O) groups excluding carboxylic acids is 2. The zero-order valence-corrected chi connectivity index (χ0v) is 20.0. The number of rotatable bonds is 10. The molecule has 1 N–H and O–H groups in total. The fourth-order valence-corrected chi connectivity index (χ4v) is 5.40. The Morgan fingerprint density at radius 3 is 2.73 bits per heavy atom. The normalized spacial score (nSPS) is 17.9. The lowest BCUT2D eigenvalue weighted by Gasteiger charge is -2.39. The molecule has 33 heavy (non-hydrogen) atoms. The molecular formula is C26H31N3O3S. The Bertz CT molecular complexity index is 1050. The Balaban J connectivity index is 1.50. The van der Waals surface area contributed by atoms with E-state index in [2.05, 4.69) is 17.1 Å². The maximum Gasteiger partial charge on any atom is 0.254 e. The van der Waals surface area contributed by atoms with Crippen LogP contribution in [-0.2, 0) is 11.3 Å². The first-order valence-electron chi connectivity index (χ1n) is 11.5. The highest BCUT2D eigenvalue weighted by molar-refractivity contribution is 7.10. The molecule has 7 heteroatoms. The molecule has 6 nitrogen and oxygen atoms in total. The number of likely N-dealkylation sites (N-methyl/N-ethyl adjacent to an activating group) is 1. The van der Waals surface area contributed by atoms with E-state index >= 15 is 0 Å². The van der Waals surface area contributed by atoms with Gasteiger partial charge in [-0.1, -0.05) is 37.6 Å². The summed E-state index contributed by atoms with van der Waals surface area (Å²) in [5.74, 6) is 0.388. The zero-order chi connectivity index (χ0) is 23.2. The number of thiophene rings is 1. The maximum atomic E-state index is 13.5. The predicted molar refractivity (Wildman–Crippen MR) is 130 cm³/mol. The molecule has 0 unspecified atom stereocenters. The second-order valence-electron chi connectivity index (χ2n) is 8.44. The number of nitrogens with one attached hydrogen (secondary N) is 1. The quantitative estimate of drug-likeness (QED) is 0.473. The number of benzene rings is 1. The van der Waals surface area contributed by atoms with E-state index in [1.807, 2.05) is 53.9 Å². The highest BCUT2D eigenvalue weighted by Crippen LogP contribution is 2.43. The fourth-order valence-electron chi connectivity index (χ4n) is 4.49. The van der Waals surface area contributed by atoms with Gasteiger partial charge in [0.25, 0.3) is 5.91 Å². The van der Waals surface area contributed by atoms with Crippen molar-refractivity contribution in [2.45, 2.75) is 38.3 Å². The van der Waals surface area contributed by atoms with Crippen LogP contribution in [-0.4, -0.2) is 48.3 Å². The molecule has 2 aromatic heterocycles. The smallest absolute Gasteiger partial charge is 0.254 e. The molecule has 1 aromatic carbocycles. The van der Waals surface area contributed by atoms with Crippen molar-refractivity contribution in [3.8, 4) is 0 Å². The van der Waals surface area contributed by atoms with Crippen LogP contribution in [0.3, 0.4) is 0 Å². The molecule has 0 spiro atoms. The summed E-state index contributed by atoms with van der Waals surface area (Å²) < 4.78 is 5.52. The summed E-state index contributed by atoms with van der Waals surface area (Å²) in [6.07, 6.45) is 3.90. The monoisotopic (exact) mass is 465 g/mol. The van der Waals surface area contributed by atoms with Crippen molar-refractivity contribution >= 4 is 23.2 Å². The lowest BCUT2D eigenvalue weighted by molar-refractivity contribution is -0.124. The number of hydrogen-bond acceptors (Lipinski definition) is 5. The van der Waals surface area contributed by atoms with Crippen LogP contribution in [0.2, 0.25) is 0 Å². The van der Waals surface area contributed by atoms with Crippen LogP contribution < -0.4 is 5.32 Å². The predicted octanol–water partition coefficient (Wildman–Crippen LogP) is 4.67. The van der Waals surface area contributed by atoms with Crippen LogP contribution in [0, 0.1) is 0 Å². The summed E-state index contributed by atoms with van der Waals surface area (Å²) in [6, 6.07) is 15.0. The standard InChI is InChI=1S/C26H31N3O3S/c1-3-4-14-29(18-19-9-7-16-32-19)15-13-27-25(30)23-20-10-5-6-11-21(20)26(31)28(2)24(23)22-12-8-17-33-22/h5-12,16-17,23-24H,3-4,13-15,18H2,1-2H3,(H,27,30)/t23-,24-/m0/s1. The van der Waals surface area contributed by atoms with Crippen LogP contribution in [0.1, 0.15) is 58.3 Å². The lowest BCUT2D eigenvalue weighted by atomic mass is 9.82. The molecule has 174 valence electrons. The molecule has 0 bridgehead atoms.